The average molecular weight is 849 g/mol. The number of nitrogens with two attached hydrogens (primary N) is 2. The number of rotatable bonds is 18. The van der Waals surface area contributed by atoms with Crippen molar-refractivity contribution < 1.29 is 28.7 Å². The Hall–Kier alpha value is -7.06. The maximum Gasteiger partial charge on any atom is 0.276 e. The highest BCUT2D eigenvalue weighted by atomic mass is 16.5. The van der Waals surface area contributed by atoms with Crippen LogP contribution in [0.1, 0.15) is 73.3 Å². The van der Waals surface area contributed by atoms with Gasteiger partial charge in [-0.15, -0.1) is 0 Å². The van der Waals surface area contributed by atoms with Gasteiger partial charge in [0.2, 0.25) is 23.7 Å². The summed E-state index contributed by atoms with van der Waals surface area (Å²) in [4.78, 5) is 64.1. The number of benzene rings is 2. The van der Waals surface area contributed by atoms with E-state index in [0.717, 1.165) is 39.1 Å². The van der Waals surface area contributed by atoms with Crippen LogP contribution in [-0.2, 0) is 26.2 Å². The molecule has 326 valence electrons. The number of imidazole rings is 2. The molecule has 6 aromatic rings. The summed E-state index contributed by atoms with van der Waals surface area (Å²) in [6, 6.07) is 9.64. The molecule has 0 unspecified atom stereocenters. The number of hydrogen-bond donors (Lipinski definition) is 5. The lowest BCUT2D eigenvalue weighted by Gasteiger charge is -2.27. The fraction of sp³-hybridized carbons (Fsp3) is 0.381. The summed E-state index contributed by atoms with van der Waals surface area (Å²) in [5.74, 6) is -1.07. The van der Waals surface area contributed by atoms with Gasteiger partial charge < -0.3 is 40.3 Å². The van der Waals surface area contributed by atoms with E-state index in [2.05, 4.69) is 31.0 Å². The van der Waals surface area contributed by atoms with Crippen LogP contribution in [0.5, 0.6) is 11.5 Å². The SMILES string of the molecule is CCn1nc(C)cc1C(=O)Nc1nc2cc(C(N)=O)cc(OC)c2n1CC=CCn1c(NC(=O)c2cc(C)nn2CC)nc2cc(C(N)=O)cc(OCCCN3CCNCC3)c21. The Balaban J connectivity index is 1.25. The number of anilines is 2. The minimum absolute atomic E-state index is 0.176. The second-order valence-corrected chi connectivity index (χ2v) is 14.9. The fourth-order valence-corrected chi connectivity index (χ4v) is 7.59. The fourth-order valence-electron chi connectivity index (χ4n) is 7.59. The molecule has 7 rings (SSSR count). The Labute approximate surface area is 357 Å². The van der Waals surface area contributed by atoms with Gasteiger partial charge in [-0.3, -0.25) is 39.2 Å². The first-order chi connectivity index (χ1) is 29.9. The van der Waals surface area contributed by atoms with E-state index in [1.54, 1.807) is 55.8 Å². The van der Waals surface area contributed by atoms with Crippen molar-refractivity contribution in [2.24, 2.45) is 11.5 Å². The van der Waals surface area contributed by atoms with Crippen LogP contribution in [0.2, 0.25) is 0 Å². The number of piperazine rings is 1. The molecule has 1 fully saturated rings. The van der Waals surface area contributed by atoms with Gasteiger partial charge in [0.15, 0.2) is 0 Å². The Morgan fingerprint density at radius 3 is 1.69 bits per heavy atom. The summed E-state index contributed by atoms with van der Waals surface area (Å²) in [5, 5.41) is 18.1. The normalized spacial score (nSPS) is 13.3. The second-order valence-electron chi connectivity index (χ2n) is 14.9. The highest BCUT2D eigenvalue weighted by Gasteiger charge is 2.24. The van der Waals surface area contributed by atoms with Crippen LogP contribution in [0.3, 0.4) is 0 Å². The van der Waals surface area contributed by atoms with Crippen LogP contribution in [0.15, 0.2) is 48.6 Å². The molecule has 0 aliphatic carbocycles. The van der Waals surface area contributed by atoms with Crippen molar-refractivity contribution in [2.75, 3.05) is 57.1 Å². The molecule has 2 aromatic carbocycles. The Morgan fingerprint density at radius 1 is 0.742 bits per heavy atom. The number of nitrogens with one attached hydrogen (secondary N) is 3. The Morgan fingerprint density at radius 2 is 1.23 bits per heavy atom. The van der Waals surface area contributed by atoms with Gasteiger partial charge in [-0.05, 0) is 70.5 Å². The van der Waals surface area contributed by atoms with Crippen LogP contribution in [-0.4, -0.2) is 114 Å². The Kier molecular flexibility index (Phi) is 13.0. The topological polar surface area (TPSA) is 249 Å². The number of carbonyl (C=O) groups is 4. The predicted octanol–water partition coefficient (Wildman–Crippen LogP) is 3.08. The largest absolute Gasteiger partial charge is 0.494 e. The van der Waals surface area contributed by atoms with Crippen LogP contribution >= 0.6 is 0 Å². The standard InChI is InChI=1S/C42H52N14O6/c1-6-55-31(19-25(3)50-55)39(59)48-41-46-29-21-27(37(43)57)23-33(61-5)35(29)53(41)14-8-9-15-54-36-30(47-42(54)49-40(60)32-20-26(4)51-56(32)7-2)22-28(38(44)58)24-34(36)62-18-10-13-52-16-11-45-12-17-52/h8-9,19-24,45H,6-7,10-18H2,1-5H3,(H2,43,57)(H2,44,58)(H,46,48,59)(H,47,49,60). The Bertz CT molecular complexity index is 2680. The highest BCUT2D eigenvalue weighted by Crippen LogP contribution is 2.33. The zero-order valence-electron chi connectivity index (χ0n) is 35.5. The van der Waals surface area contributed by atoms with E-state index >= 15 is 0 Å². The average Bonchev–Trinajstić information content (AvgIpc) is 4.03. The number of aromatic nitrogens is 8. The van der Waals surface area contributed by atoms with Crippen LogP contribution < -0.4 is 36.9 Å². The van der Waals surface area contributed by atoms with Gasteiger partial charge in [0.05, 0.1) is 36.1 Å². The zero-order valence-corrected chi connectivity index (χ0v) is 35.5. The van der Waals surface area contributed by atoms with E-state index in [1.165, 1.54) is 13.2 Å². The molecule has 1 aliphatic heterocycles. The molecule has 0 bridgehead atoms. The first kappa shape index (κ1) is 43.0. The van der Waals surface area contributed by atoms with Gasteiger partial charge >= 0.3 is 0 Å². The van der Waals surface area contributed by atoms with E-state index < -0.39 is 23.6 Å². The molecule has 4 amide bonds. The molecule has 4 aromatic heterocycles. The third-order valence-electron chi connectivity index (χ3n) is 10.6. The first-order valence-electron chi connectivity index (χ1n) is 20.5. The number of allylic oxidation sites excluding steroid dienone is 2. The van der Waals surface area contributed by atoms with Gasteiger partial charge in [0.1, 0.15) is 33.9 Å². The summed E-state index contributed by atoms with van der Waals surface area (Å²) < 4.78 is 18.9. The highest BCUT2D eigenvalue weighted by molar-refractivity contribution is 6.05. The lowest BCUT2D eigenvalue weighted by atomic mass is 10.1. The summed E-state index contributed by atoms with van der Waals surface area (Å²) in [7, 11) is 1.47. The van der Waals surface area contributed by atoms with Crippen molar-refractivity contribution in [2.45, 2.75) is 60.3 Å². The number of hydrogen-bond acceptors (Lipinski definition) is 12. The smallest absolute Gasteiger partial charge is 0.276 e. The number of primary amides is 2. The van der Waals surface area contributed by atoms with Gasteiger partial charge in [-0.25, -0.2) is 9.97 Å². The number of nitrogens with zero attached hydrogens (tertiary/aromatic N) is 9. The van der Waals surface area contributed by atoms with Crippen LogP contribution in [0.25, 0.3) is 22.1 Å². The third kappa shape index (κ3) is 9.15. The lowest BCUT2D eigenvalue weighted by Crippen LogP contribution is -2.43. The third-order valence-corrected chi connectivity index (χ3v) is 10.6. The summed E-state index contributed by atoms with van der Waals surface area (Å²) >= 11 is 0. The molecule has 1 saturated heterocycles. The molecule has 0 radical (unpaired) electrons. The molecular formula is C42H52N14O6. The van der Waals surface area contributed by atoms with Gasteiger partial charge in [0.25, 0.3) is 11.8 Å². The molecule has 0 spiro atoms. The minimum atomic E-state index is -0.664. The van der Waals surface area contributed by atoms with Crippen LogP contribution in [0.4, 0.5) is 11.9 Å². The lowest BCUT2D eigenvalue weighted by molar-refractivity contribution is 0.0991. The van der Waals surface area contributed by atoms with E-state index in [-0.39, 0.29) is 36.1 Å². The number of amides is 4. The molecule has 0 atom stereocenters. The van der Waals surface area contributed by atoms with E-state index in [4.69, 9.17) is 30.9 Å². The molecule has 20 nitrogen and oxygen atoms in total. The summed E-state index contributed by atoms with van der Waals surface area (Å²) in [6.07, 6.45) is 4.46. The molecular weight excluding hydrogens is 797 g/mol. The van der Waals surface area contributed by atoms with Gasteiger partial charge in [0, 0.05) is 70.0 Å². The van der Waals surface area contributed by atoms with Gasteiger partial charge in [-0.1, -0.05) is 12.2 Å². The molecule has 1 aliphatic rings. The predicted molar refractivity (Wildman–Crippen MR) is 233 cm³/mol. The molecule has 0 saturated carbocycles. The van der Waals surface area contributed by atoms with Crippen molar-refractivity contribution in [1.82, 2.24) is 48.9 Å². The quantitative estimate of drug-likeness (QED) is 0.0619. The van der Waals surface area contributed by atoms with Crippen molar-refractivity contribution in [3.8, 4) is 11.5 Å². The minimum Gasteiger partial charge on any atom is -0.494 e. The maximum atomic E-state index is 13.8. The molecule has 20 heteroatoms. The second kappa shape index (κ2) is 18.7. The van der Waals surface area contributed by atoms with Crippen LogP contribution in [0, 0.1) is 13.8 Å². The summed E-state index contributed by atoms with van der Waals surface area (Å²) in [5.41, 5.74) is 15.7. The van der Waals surface area contributed by atoms with E-state index in [0.29, 0.717) is 76.0 Å². The number of methoxy groups -OCH3 is 1. The zero-order chi connectivity index (χ0) is 44.1. The van der Waals surface area contributed by atoms with Gasteiger partial charge in [-0.2, -0.15) is 10.2 Å². The monoisotopic (exact) mass is 848 g/mol. The van der Waals surface area contributed by atoms with Crippen molar-refractivity contribution in [3.05, 3.63) is 82.5 Å². The van der Waals surface area contributed by atoms with E-state index in [1.807, 2.05) is 32.9 Å². The number of aryl methyl sites for hydroxylation is 4. The maximum absolute atomic E-state index is 13.8. The van der Waals surface area contributed by atoms with Crippen molar-refractivity contribution in [1.29, 1.82) is 0 Å². The number of ether oxygens (including phenoxy) is 2. The molecule has 7 N–H and O–H groups in total. The van der Waals surface area contributed by atoms with E-state index in [9.17, 15) is 19.2 Å². The molecule has 5 heterocycles. The van der Waals surface area contributed by atoms with Crippen molar-refractivity contribution >= 4 is 57.6 Å². The first-order valence-corrected chi connectivity index (χ1v) is 20.5. The summed E-state index contributed by atoms with van der Waals surface area (Å²) in [6.45, 7) is 13.7. The van der Waals surface area contributed by atoms with Crippen molar-refractivity contribution in [3.63, 3.8) is 0 Å². The molecule has 62 heavy (non-hydrogen) atoms. The number of fused-ring (bicyclic) bond motifs is 2. The number of carbonyl (C=O) groups excluding carboxylic acids is 4.